The third kappa shape index (κ3) is 4.46. The van der Waals surface area contributed by atoms with Crippen LogP contribution in [0.5, 0.6) is 5.75 Å². The quantitative estimate of drug-likeness (QED) is 0.474. The monoisotopic (exact) mass is 332 g/mol. The summed E-state index contributed by atoms with van der Waals surface area (Å²) in [4.78, 5) is 20.9. The van der Waals surface area contributed by atoms with E-state index < -0.39 is 31.4 Å². The molecule has 1 rings (SSSR count). The fourth-order valence-electron chi connectivity index (χ4n) is 1.35. The minimum atomic E-state index is -4.35. The van der Waals surface area contributed by atoms with Crippen LogP contribution in [0, 0.1) is 10.1 Å². The number of sulfonamides is 1. The number of thioether (sulfide) groups is 1. The maximum Gasteiger partial charge on any atom is 0.293 e. The topological polar surface area (TPSA) is 116 Å². The fourth-order valence-corrected chi connectivity index (χ4v) is 2.70. The van der Waals surface area contributed by atoms with Gasteiger partial charge in [0, 0.05) is 6.08 Å². The molecular weight excluding hydrogens is 320 g/mol. The first-order chi connectivity index (χ1) is 9.81. The molecule has 0 heterocycles. The SMILES string of the molecule is COc1ccc(S(=O)(=O)NC(=O)C=CSC)c([N+](=O)[O-])c1. The lowest BCUT2D eigenvalue weighted by molar-refractivity contribution is -0.387. The first-order valence-electron chi connectivity index (χ1n) is 5.40. The van der Waals surface area contributed by atoms with Crippen LogP contribution in [-0.2, 0) is 14.8 Å². The Balaban J connectivity index is 3.22. The van der Waals surface area contributed by atoms with E-state index in [-0.39, 0.29) is 5.75 Å². The van der Waals surface area contributed by atoms with Crippen LogP contribution in [0.3, 0.4) is 0 Å². The Bertz CT molecular complexity index is 684. The molecule has 0 radical (unpaired) electrons. The van der Waals surface area contributed by atoms with Crippen molar-refractivity contribution in [2.45, 2.75) is 4.90 Å². The largest absolute Gasteiger partial charge is 0.497 e. The Morgan fingerprint density at radius 3 is 2.67 bits per heavy atom. The summed E-state index contributed by atoms with van der Waals surface area (Å²) in [6.45, 7) is 0. The van der Waals surface area contributed by atoms with Gasteiger partial charge in [-0.05, 0) is 23.8 Å². The Kier molecular flexibility index (Phi) is 5.73. The fraction of sp³-hybridized carbons (Fsp3) is 0.182. The van der Waals surface area contributed by atoms with Gasteiger partial charge < -0.3 is 4.74 Å². The molecule has 10 heteroatoms. The van der Waals surface area contributed by atoms with Crippen LogP contribution < -0.4 is 9.46 Å². The smallest absolute Gasteiger partial charge is 0.293 e. The first kappa shape index (κ1) is 17.0. The van der Waals surface area contributed by atoms with Gasteiger partial charge in [-0.2, -0.15) is 0 Å². The van der Waals surface area contributed by atoms with Crippen molar-refractivity contribution >= 4 is 33.4 Å². The molecule has 1 aromatic rings. The van der Waals surface area contributed by atoms with Crippen LogP contribution in [0.1, 0.15) is 0 Å². The number of hydrogen-bond donors (Lipinski definition) is 1. The van der Waals surface area contributed by atoms with Gasteiger partial charge in [-0.25, -0.2) is 13.1 Å². The average molecular weight is 332 g/mol. The van der Waals surface area contributed by atoms with Crippen molar-refractivity contribution in [3.8, 4) is 5.75 Å². The molecule has 0 unspecified atom stereocenters. The molecule has 0 saturated carbocycles. The highest BCUT2D eigenvalue weighted by molar-refractivity contribution is 8.01. The Labute approximate surface area is 125 Å². The van der Waals surface area contributed by atoms with Gasteiger partial charge in [0.25, 0.3) is 21.6 Å². The van der Waals surface area contributed by atoms with Gasteiger partial charge in [-0.1, -0.05) is 0 Å². The van der Waals surface area contributed by atoms with E-state index in [0.29, 0.717) is 0 Å². The molecule has 1 aromatic carbocycles. The van der Waals surface area contributed by atoms with Gasteiger partial charge in [-0.15, -0.1) is 11.8 Å². The molecule has 0 bridgehead atoms. The maximum atomic E-state index is 12.0. The van der Waals surface area contributed by atoms with Gasteiger partial charge in [0.1, 0.15) is 5.75 Å². The number of nitrogens with one attached hydrogen (secondary N) is 1. The summed E-state index contributed by atoms with van der Waals surface area (Å²) in [7, 11) is -3.05. The van der Waals surface area contributed by atoms with Crippen molar-refractivity contribution in [1.82, 2.24) is 4.72 Å². The van der Waals surface area contributed by atoms with E-state index in [4.69, 9.17) is 4.74 Å². The predicted molar refractivity (Wildman–Crippen MR) is 77.6 cm³/mol. The van der Waals surface area contributed by atoms with E-state index >= 15 is 0 Å². The minimum absolute atomic E-state index is 0.134. The van der Waals surface area contributed by atoms with Crippen LogP contribution in [0.25, 0.3) is 0 Å². The minimum Gasteiger partial charge on any atom is -0.497 e. The number of rotatable bonds is 6. The molecule has 0 saturated heterocycles. The van der Waals surface area contributed by atoms with Crippen LogP contribution in [0.4, 0.5) is 5.69 Å². The highest BCUT2D eigenvalue weighted by atomic mass is 32.2. The number of nitrogens with zero attached hydrogens (tertiary/aromatic N) is 1. The van der Waals surface area contributed by atoms with Crippen LogP contribution in [-0.4, -0.2) is 32.6 Å². The predicted octanol–water partition coefficient (Wildman–Crippen LogP) is 1.28. The second-order valence-corrected chi connectivity index (χ2v) is 5.99. The lowest BCUT2D eigenvalue weighted by atomic mass is 10.3. The normalized spacial score (nSPS) is 11.3. The number of carbonyl (C=O) groups is 1. The zero-order valence-corrected chi connectivity index (χ0v) is 12.7. The van der Waals surface area contributed by atoms with Gasteiger partial charge in [0.2, 0.25) is 0 Å². The van der Waals surface area contributed by atoms with Crippen molar-refractivity contribution in [3.63, 3.8) is 0 Å². The Morgan fingerprint density at radius 2 is 2.14 bits per heavy atom. The van der Waals surface area contributed by atoms with Crippen LogP contribution in [0.2, 0.25) is 0 Å². The Hall–Kier alpha value is -2.07. The van der Waals surface area contributed by atoms with E-state index in [1.165, 1.54) is 30.3 Å². The van der Waals surface area contributed by atoms with E-state index in [9.17, 15) is 23.3 Å². The Morgan fingerprint density at radius 1 is 1.48 bits per heavy atom. The molecule has 114 valence electrons. The van der Waals surface area contributed by atoms with Gasteiger partial charge in [-0.3, -0.25) is 14.9 Å². The summed E-state index contributed by atoms with van der Waals surface area (Å²) in [5.41, 5.74) is -0.677. The van der Waals surface area contributed by atoms with Gasteiger partial charge in [0.05, 0.1) is 18.1 Å². The maximum absolute atomic E-state index is 12.0. The van der Waals surface area contributed by atoms with Gasteiger partial charge >= 0.3 is 0 Å². The zero-order chi connectivity index (χ0) is 16.0. The van der Waals surface area contributed by atoms with Crippen molar-refractivity contribution in [3.05, 3.63) is 39.8 Å². The number of nitro groups is 1. The van der Waals surface area contributed by atoms with Crippen molar-refractivity contribution < 1.29 is 22.9 Å². The van der Waals surface area contributed by atoms with E-state index in [2.05, 4.69) is 0 Å². The summed E-state index contributed by atoms with van der Waals surface area (Å²) < 4.78 is 30.6. The number of hydrogen-bond acceptors (Lipinski definition) is 7. The summed E-state index contributed by atoms with van der Waals surface area (Å²) in [5, 5.41) is 12.3. The molecule has 1 amide bonds. The standard InChI is InChI=1S/C11H12N2O6S2/c1-19-8-3-4-10(9(7-8)13(15)16)21(17,18)12-11(14)5-6-20-2/h3-7H,1-2H3,(H,12,14). The van der Waals surface area contributed by atoms with E-state index in [1.54, 1.807) is 11.0 Å². The summed E-state index contributed by atoms with van der Waals surface area (Å²) in [6, 6.07) is 3.23. The third-order valence-electron chi connectivity index (χ3n) is 2.24. The number of benzene rings is 1. The van der Waals surface area contributed by atoms with Crippen LogP contribution >= 0.6 is 11.8 Å². The molecule has 1 N–H and O–H groups in total. The second kappa shape index (κ2) is 7.09. The zero-order valence-electron chi connectivity index (χ0n) is 11.1. The summed E-state index contributed by atoms with van der Waals surface area (Å²) in [5.74, 6) is -0.760. The molecule has 0 aliphatic heterocycles. The van der Waals surface area contributed by atoms with Crippen LogP contribution in [0.15, 0.2) is 34.6 Å². The van der Waals surface area contributed by atoms with E-state index in [0.717, 1.165) is 18.2 Å². The number of nitro benzene ring substituents is 1. The molecule has 0 atom stereocenters. The molecule has 0 spiro atoms. The highest BCUT2D eigenvalue weighted by Gasteiger charge is 2.27. The highest BCUT2D eigenvalue weighted by Crippen LogP contribution is 2.28. The van der Waals surface area contributed by atoms with Gasteiger partial charge in [0.15, 0.2) is 4.90 Å². The molecule has 0 fully saturated rings. The summed E-state index contributed by atoms with van der Waals surface area (Å²) in [6.07, 6.45) is 2.70. The molecule has 8 nitrogen and oxygen atoms in total. The molecular formula is C11H12N2O6S2. The lowest BCUT2D eigenvalue weighted by Gasteiger charge is -2.07. The third-order valence-corrected chi connectivity index (χ3v) is 4.05. The number of carbonyl (C=O) groups excluding carboxylic acids is 1. The average Bonchev–Trinajstić information content (AvgIpc) is 2.43. The van der Waals surface area contributed by atoms with E-state index in [1.807, 2.05) is 0 Å². The number of ether oxygens (including phenoxy) is 1. The van der Waals surface area contributed by atoms with Crippen molar-refractivity contribution in [2.24, 2.45) is 0 Å². The number of methoxy groups -OCH3 is 1. The second-order valence-electron chi connectivity index (χ2n) is 3.60. The summed E-state index contributed by atoms with van der Waals surface area (Å²) >= 11 is 1.20. The molecule has 0 aliphatic rings. The first-order valence-corrected chi connectivity index (χ1v) is 8.17. The van der Waals surface area contributed by atoms with Crippen molar-refractivity contribution in [2.75, 3.05) is 13.4 Å². The molecule has 0 aromatic heterocycles. The van der Waals surface area contributed by atoms with Crippen molar-refractivity contribution in [1.29, 1.82) is 0 Å². The molecule has 21 heavy (non-hydrogen) atoms. The molecule has 0 aliphatic carbocycles. The lowest BCUT2D eigenvalue weighted by Crippen LogP contribution is -2.29. The number of amides is 1.